The fraction of sp³-hybridized carbons (Fsp3) is 0.467. The van der Waals surface area contributed by atoms with Gasteiger partial charge in [0.2, 0.25) is 9.84 Å². The zero-order valence-corrected chi connectivity index (χ0v) is 14.2. The summed E-state index contributed by atoms with van der Waals surface area (Å²) in [6.07, 6.45) is 3.22. The van der Waals surface area contributed by atoms with Crippen LogP contribution in [0.15, 0.2) is 29.4 Å². The molecule has 0 saturated heterocycles. The van der Waals surface area contributed by atoms with Crippen molar-refractivity contribution in [3.63, 3.8) is 0 Å². The number of hydroxylamine groups is 1. The zero-order chi connectivity index (χ0) is 17.7. The van der Waals surface area contributed by atoms with Gasteiger partial charge in [-0.2, -0.15) is 4.73 Å². The van der Waals surface area contributed by atoms with Crippen molar-refractivity contribution in [2.45, 2.75) is 49.4 Å². The SMILES string of the molecule is CCCCCCC(C(=O)NO)S(=O)(=O)c1nc2ccccc2n1O. The molecule has 2 rings (SSSR count). The summed E-state index contributed by atoms with van der Waals surface area (Å²) in [6, 6.07) is 6.37. The molecule has 2 aromatic rings. The molecule has 0 radical (unpaired) electrons. The average molecular weight is 355 g/mol. The Hall–Kier alpha value is -2.13. The van der Waals surface area contributed by atoms with Gasteiger partial charge < -0.3 is 5.21 Å². The number of carbonyl (C=O) groups is 1. The van der Waals surface area contributed by atoms with Crippen molar-refractivity contribution < 1.29 is 23.6 Å². The Labute approximate surface area is 140 Å². The van der Waals surface area contributed by atoms with E-state index in [2.05, 4.69) is 4.98 Å². The minimum atomic E-state index is -4.26. The van der Waals surface area contributed by atoms with Crippen molar-refractivity contribution in [2.24, 2.45) is 0 Å². The maximum atomic E-state index is 12.8. The van der Waals surface area contributed by atoms with Crippen LogP contribution in [0, 0.1) is 0 Å². The molecule has 24 heavy (non-hydrogen) atoms. The van der Waals surface area contributed by atoms with E-state index in [0.717, 1.165) is 19.3 Å². The monoisotopic (exact) mass is 355 g/mol. The normalized spacial score (nSPS) is 13.1. The van der Waals surface area contributed by atoms with Crippen molar-refractivity contribution in [3.8, 4) is 0 Å². The number of sulfone groups is 1. The number of benzene rings is 1. The number of fused-ring (bicyclic) bond motifs is 1. The highest BCUT2D eigenvalue weighted by Crippen LogP contribution is 2.24. The molecule has 1 heterocycles. The van der Waals surface area contributed by atoms with E-state index in [9.17, 15) is 18.4 Å². The number of rotatable bonds is 8. The molecular weight excluding hydrogens is 334 g/mol. The number of imidazole rings is 1. The summed E-state index contributed by atoms with van der Waals surface area (Å²) >= 11 is 0. The molecular formula is C15H21N3O5S. The van der Waals surface area contributed by atoms with Gasteiger partial charge in [0.1, 0.15) is 10.8 Å². The van der Waals surface area contributed by atoms with E-state index in [0.29, 0.717) is 16.7 Å². The number of hydrogen-bond acceptors (Lipinski definition) is 6. The first-order chi connectivity index (χ1) is 11.4. The molecule has 1 aromatic heterocycles. The Morgan fingerprint density at radius 2 is 2.00 bits per heavy atom. The number of aromatic nitrogens is 2. The second-order valence-electron chi connectivity index (χ2n) is 5.55. The molecule has 0 aliphatic carbocycles. The predicted octanol–water partition coefficient (Wildman–Crippen LogP) is 1.89. The molecule has 3 N–H and O–H groups in total. The first kappa shape index (κ1) is 18.2. The van der Waals surface area contributed by atoms with Gasteiger partial charge in [-0.05, 0) is 18.6 Å². The smallest absolute Gasteiger partial charge is 0.263 e. The third-order valence-corrected chi connectivity index (χ3v) is 5.83. The number of amides is 1. The molecule has 0 saturated carbocycles. The maximum Gasteiger partial charge on any atom is 0.263 e. The zero-order valence-electron chi connectivity index (χ0n) is 13.3. The van der Waals surface area contributed by atoms with Crippen molar-refractivity contribution in [3.05, 3.63) is 24.3 Å². The Morgan fingerprint density at radius 3 is 2.62 bits per heavy atom. The second kappa shape index (κ2) is 7.63. The summed E-state index contributed by atoms with van der Waals surface area (Å²) < 4.78 is 26.0. The van der Waals surface area contributed by atoms with Crippen LogP contribution in [0.3, 0.4) is 0 Å². The Morgan fingerprint density at radius 1 is 1.29 bits per heavy atom. The van der Waals surface area contributed by atoms with Crippen molar-refractivity contribution in [1.29, 1.82) is 0 Å². The van der Waals surface area contributed by atoms with Crippen LogP contribution in [0.25, 0.3) is 11.0 Å². The van der Waals surface area contributed by atoms with Gasteiger partial charge in [-0.1, -0.05) is 44.7 Å². The maximum absolute atomic E-state index is 12.8. The number of nitrogens with one attached hydrogen (secondary N) is 1. The number of hydrogen-bond donors (Lipinski definition) is 3. The molecule has 1 atom stereocenters. The predicted molar refractivity (Wildman–Crippen MR) is 86.6 cm³/mol. The molecule has 0 spiro atoms. The summed E-state index contributed by atoms with van der Waals surface area (Å²) in [5.41, 5.74) is 1.92. The highest BCUT2D eigenvalue weighted by molar-refractivity contribution is 7.92. The summed E-state index contributed by atoms with van der Waals surface area (Å²) in [5, 5.41) is 16.9. The molecule has 8 nitrogen and oxygen atoms in total. The van der Waals surface area contributed by atoms with Gasteiger partial charge in [-0.15, -0.1) is 0 Å². The first-order valence-electron chi connectivity index (χ1n) is 7.78. The first-order valence-corrected chi connectivity index (χ1v) is 9.32. The quantitative estimate of drug-likeness (QED) is 0.288. The average Bonchev–Trinajstić information content (AvgIpc) is 2.92. The van der Waals surface area contributed by atoms with Gasteiger partial charge in [0, 0.05) is 0 Å². The molecule has 0 aliphatic heterocycles. The van der Waals surface area contributed by atoms with Crippen LogP contribution in [0.2, 0.25) is 0 Å². The lowest BCUT2D eigenvalue weighted by atomic mass is 10.1. The minimum absolute atomic E-state index is 0.0396. The van der Waals surface area contributed by atoms with E-state index >= 15 is 0 Å². The number of nitrogens with zero attached hydrogens (tertiary/aromatic N) is 2. The van der Waals surface area contributed by atoms with Crippen molar-refractivity contribution in [2.75, 3.05) is 0 Å². The van der Waals surface area contributed by atoms with Crippen LogP contribution in [-0.4, -0.2) is 39.7 Å². The van der Waals surface area contributed by atoms with E-state index < -0.39 is 26.2 Å². The standard InChI is InChI=1S/C15H21N3O5S/c1-2-3-4-5-10-13(14(19)17-20)24(22,23)15-16-11-8-6-7-9-12(11)18(15)21/h6-9,13,20-21H,2-5,10H2,1H3,(H,17,19). The van der Waals surface area contributed by atoms with Crippen LogP contribution in [-0.2, 0) is 14.6 Å². The summed E-state index contributed by atoms with van der Waals surface area (Å²) in [5.74, 6) is -1.03. The second-order valence-corrected chi connectivity index (χ2v) is 7.58. The summed E-state index contributed by atoms with van der Waals surface area (Å²) in [7, 11) is -4.26. The largest absolute Gasteiger partial charge is 0.426 e. The van der Waals surface area contributed by atoms with Crippen LogP contribution < -0.4 is 5.48 Å². The van der Waals surface area contributed by atoms with Gasteiger partial charge >= 0.3 is 0 Å². The number of para-hydroxylation sites is 2. The van der Waals surface area contributed by atoms with Crippen molar-refractivity contribution in [1.82, 2.24) is 15.2 Å². The molecule has 9 heteroatoms. The van der Waals surface area contributed by atoms with Gasteiger partial charge in [0.25, 0.3) is 11.1 Å². The Kier molecular flexibility index (Phi) is 5.79. The number of unbranched alkanes of at least 4 members (excludes halogenated alkanes) is 3. The lowest BCUT2D eigenvalue weighted by molar-refractivity contribution is -0.128. The van der Waals surface area contributed by atoms with Gasteiger partial charge in [-0.3, -0.25) is 10.0 Å². The molecule has 0 fully saturated rings. The molecule has 0 bridgehead atoms. The van der Waals surface area contributed by atoms with E-state index in [-0.39, 0.29) is 11.9 Å². The Balaban J connectivity index is 2.38. The Bertz CT molecular complexity index is 816. The van der Waals surface area contributed by atoms with Crippen LogP contribution >= 0.6 is 0 Å². The van der Waals surface area contributed by atoms with Crippen LogP contribution in [0.5, 0.6) is 0 Å². The molecule has 0 aliphatic rings. The van der Waals surface area contributed by atoms with E-state index in [1.165, 1.54) is 11.5 Å². The van der Waals surface area contributed by atoms with Crippen molar-refractivity contribution >= 4 is 26.8 Å². The number of carbonyl (C=O) groups excluding carboxylic acids is 1. The third kappa shape index (κ3) is 3.51. The highest BCUT2D eigenvalue weighted by Gasteiger charge is 2.37. The van der Waals surface area contributed by atoms with Gasteiger partial charge in [0.15, 0.2) is 0 Å². The summed E-state index contributed by atoms with van der Waals surface area (Å²) in [4.78, 5) is 15.8. The van der Waals surface area contributed by atoms with Gasteiger partial charge in [0.05, 0.1) is 5.52 Å². The molecule has 1 unspecified atom stereocenters. The molecule has 1 amide bonds. The lowest BCUT2D eigenvalue weighted by Crippen LogP contribution is -2.39. The van der Waals surface area contributed by atoms with Crippen LogP contribution in [0.4, 0.5) is 0 Å². The molecule has 132 valence electrons. The van der Waals surface area contributed by atoms with E-state index in [4.69, 9.17) is 5.21 Å². The van der Waals surface area contributed by atoms with E-state index in [1.54, 1.807) is 18.2 Å². The van der Waals surface area contributed by atoms with Crippen LogP contribution in [0.1, 0.15) is 39.0 Å². The molecule has 1 aromatic carbocycles. The fourth-order valence-corrected chi connectivity index (χ4v) is 4.19. The minimum Gasteiger partial charge on any atom is -0.426 e. The highest BCUT2D eigenvalue weighted by atomic mass is 32.2. The lowest BCUT2D eigenvalue weighted by Gasteiger charge is -2.14. The third-order valence-electron chi connectivity index (χ3n) is 3.86. The summed E-state index contributed by atoms with van der Waals surface area (Å²) in [6.45, 7) is 2.02. The van der Waals surface area contributed by atoms with Gasteiger partial charge in [-0.25, -0.2) is 18.9 Å². The topological polar surface area (TPSA) is 122 Å². The fourth-order valence-electron chi connectivity index (χ4n) is 2.56. The van der Waals surface area contributed by atoms with E-state index in [1.807, 2.05) is 6.92 Å².